The zero-order valence-corrected chi connectivity index (χ0v) is 16.4. The van der Waals surface area contributed by atoms with Gasteiger partial charge in [0.15, 0.2) is 0 Å². The van der Waals surface area contributed by atoms with Crippen LogP contribution >= 0.6 is 11.6 Å². The van der Waals surface area contributed by atoms with E-state index in [1.54, 1.807) is 12.1 Å². The summed E-state index contributed by atoms with van der Waals surface area (Å²) >= 11 is 6.48. The number of alkyl halides is 3. The van der Waals surface area contributed by atoms with Crippen molar-refractivity contribution in [3.05, 3.63) is 64.8 Å². The summed E-state index contributed by atoms with van der Waals surface area (Å²) in [4.78, 5) is 7.81. The van der Waals surface area contributed by atoms with Crippen LogP contribution < -0.4 is 4.74 Å². The van der Waals surface area contributed by atoms with Gasteiger partial charge in [-0.3, -0.25) is 5.10 Å². The molecular formula is C19H16ClF3N4O3. The maximum Gasteiger partial charge on any atom is 0.417 e. The summed E-state index contributed by atoms with van der Waals surface area (Å²) in [5.41, 5.74) is -0.292. The van der Waals surface area contributed by atoms with Crippen molar-refractivity contribution in [1.82, 2.24) is 20.2 Å². The number of pyridine rings is 1. The first kappa shape index (κ1) is 20.6. The monoisotopic (exact) mass is 440 g/mol. The predicted octanol–water partition coefficient (Wildman–Crippen LogP) is 4.50. The fourth-order valence-electron chi connectivity index (χ4n) is 3.11. The van der Waals surface area contributed by atoms with E-state index in [2.05, 4.69) is 20.2 Å². The van der Waals surface area contributed by atoms with E-state index < -0.39 is 17.5 Å². The number of rotatable bonds is 5. The van der Waals surface area contributed by atoms with Gasteiger partial charge in [0.2, 0.25) is 11.7 Å². The number of hydrogen-bond acceptors (Lipinski definition) is 6. The number of halogens is 4. The normalized spacial score (nSPS) is 21.7. The molecule has 1 aromatic carbocycles. The van der Waals surface area contributed by atoms with Crippen molar-refractivity contribution < 1.29 is 27.4 Å². The fraction of sp³-hybridized carbons (Fsp3) is 0.316. The van der Waals surface area contributed by atoms with E-state index >= 15 is 0 Å². The van der Waals surface area contributed by atoms with E-state index in [1.807, 2.05) is 6.92 Å². The average molecular weight is 441 g/mol. The van der Waals surface area contributed by atoms with E-state index in [0.29, 0.717) is 35.0 Å². The third kappa shape index (κ3) is 4.25. The number of aromatic nitrogens is 4. The lowest BCUT2D eigenvalue weighted by molar-refractivity contribution is -0.175. The molecule has 2 aromatic heterocycles. The molecule has 3 aromatic rings. The van der Waals surface area contributed by atoms with Crippen molar-refractivity contribution in [3.63, 3.8) is 0 Å². The van der Waals surface area contributed by atoms with Gasteiger partial charge in [-0.15, -0.1) is 0 Å². The molecule has 4 rings (SSSR count). The SMILES string of the molecule is CC1COC(Cc2ncn[nH]2)(c2ccc(Oc3ccc(C(F)(F)F)cn3)cc2Cl)O1. The molecule has 1 aliphatic heterocycles. The van der Waals surface area contributed by atoms with E-state index in [9.17, 15) is 13.2 Å². The Morgan fingerprint density at radius 2 is 2.10 bits per heavy atom. The molecule has 0 aliphatic carbocycles. The molecule has 0 saturated carbocycles. The summed E-state index contributed by atoms with van der Waals surface area (Å²) < 4.78 is 55.5. The smallest absolute Gasteiger partial charge is 0.417 e. The predicted molar refractivity (Wildman–Crippen MR) is 99.0 cm³/mol. The minimum Gasteiger partial charge on any atom is -0.439 e. The molecule has 11 heteroatoms. The zero-order chi connectivity index (χ0) is 21.4. The lowest BCUT2D eigenvalue weighted by Crippen LogP contribution is -2.31. The van der Waals surface area contributed by atoms with Gasteiger partial charge in [0, 0.05) is 17.8 Å². The summed E-state index contributed by atoms with van der Waals surface area (Å²) in [7, 11) is 0. The summed E-state index contributed by atoms with van der Waals surface area (Å²) in [6, 6.07) is 6.84. The molecule has 2 atom stereocenters. The standard InChI is InChI=1S/C19H16ClF3N4O3/c1-11-9-28-18(30-11,7-16-25-10-26-27-16)14-4-3-13(6-15(14)20)29-17-5-2-12(8-24-17)19(21,22)23/h2-6,8,10-11H,7,9H2,1H3,(H,25,26,27). The lowest BCUT2D eigenvalue weighted by Gasteiger charge is -2.28. The highest BCUT2D eigenvalue weighted by molar-refractivity contribution is 6.31. The van der Waals surface area contributed by atoms with Crippen LogP contribution in [-0.2, 0) is 27.9 Å². The van der Waals surface area contributed by atoms with E-state index in [-0.39, 0.29) is 18.4 Å². The quantitative estimate of drug-likeness (QED) is 0.629. The molecule has 30 heavy (non-hydrogen) atoms. The van der Waals surface area contributed by atoms with Gasteiger partial charge < -0.3 is 14.2 Å². The first-order chi connectivity index (χ1) is 14.2. The molecule has 1 aliphatic rings. The summed E-state index contributed by atoms with van der Waals surface area (Å²) in [5, 5.41) is 6.91. The zero-order valence-electron chi connectivity index (χ0n) is 15.6. The molecule has 7 nitrogen and oxygen atoms in total. The minimum atomic E-state index is -4.47. The molecule has 3 heterocycles. The Labute approximate surface area is 174 Å². The van der Waals surface area contributed by atoms with Gasteiger partial charge in [0.05, 0.1) is 29.7 Å². The number of nitrogens with one attached hydrogen (secondary N) is 1. The summed E-state index contributed by atoms with van der Waals surface area (Å²) in [5.74, 6) is -0.280. The largest absolute Gasteiger partial charge is 0.439 e. The Morgan fingerprint density at radius 1 is 1.27 bits per heavy atom. The van der Waals surface area contributed by atoms with Gasteiger partial charge in [-0.25, -0.2) is 9.97 Å². The van der Waals surface area contributed by atoms with Gasteiger partial charge in [0.25, 0.3) is 0 Å². The van der Waals surface area contributed by atoms with Gasteiger partial charge in [0.1, 0.15) is 17.9 Å². The highest BCUT2D eigenvalue weighted by atomic mass is 35.5. The van der Waals surface area contributed by atoms with Gasteiger partial charge in [-0.1, -0.05) is 11.6 Å². The van der Waals surface area contributed by atoms with Crippen LogP contribution in [-0.4, -0.2) is 32.9 Å². The molecule has 0 radical (unpaired) electrons. The van der Waals surface area contributed by atoms with Gasteiger partial charge in [-0.2, -0.15) is 18.3 Å². The number of aromatic amines is 1. The van der Waals surface area contributed by atoms with Gasteiger partial charge >= 0.3 is 6.18 Å². The van der Waals surface area contributed by atoms with Crippen molar-refractivity contribution in [2.75, 3.05) is 6.61 Å². The highest BCUT2D eigenvalue weighted by Gasteiger charge is 2.44. The minimum absolute atomic E-state index is 0.00479. The summed E-state index contributed by atoms with van der Waals surface area (Å²) in [6.07, 6.45) is -2.27. The van der Waals surface area contributed by atoms with Crippen molar-refractivity contribution in [2.45, 2.75) is 31.4 Å². The molecule has 158 valence electrons. The van der Waals surface area contributed by atoms with E-state index in [4.69, 9.17) is 25.8 Å². The van der Waals surface area contributed by atoms with Crippen LogP contribution in [0.4, 0.5) is 13.2 Å². The Hall–Kier alpha value is -2.69. The first-order valence-corrected chi connectivity index (χ1v) is 9.30. The van der Waals surface area contributed by atoms with E-state index in [1.165, 1.54) is 12.4 Å². The number of hydrogen-bond donors (Lipinski definition) is 1. The van der Waals surface area contributed by atoms with Crippen LogP contribution in [0.2, 0.25) is 5.02 Å². The number of ether oxygens (including phenoxy) is 3. The van der Waals surface area contributed by atoms with Crippen LogP contribution in [0.5, 0.6) is 11.6 Å². The van der Waals surface area contributed by atoms with Crippen molar-refractivity contribution in [1.29, 1.82) is 0 Å². The highest BCUT2D eigenvalue weighted by Crippen LogP contribution is 2.41. The van der Waals surface area contributed by atoms with Gasteiger partial charge in [-0.05, 0) is 31.2 Å². The van der Waals surface area contributed by atoms with E-state index in [0.717, 1.165) is 12.1 Å². The van der Waals surface area contributed by atoms with Crippen LogP contribution in [0.3, 0.4) is 0 Å². The Balaban J connectivity index is 1.57. The molecule has 1 N–H and O–H groups in total. The molecular weight excluding hydrogens is 425 g/mol. The second-order valence-corrected chi connectivity index (χ2v) is 7.14. The second-order valence-electron chi connectivity index (χ2n) is 6.73. The molecule has 2 unspecified atom stereocenters. The maximum absolute atomic E-state index is 12.7. The molecule has 0 bridgehead atoms. The number of H-pyrrole nitrogens is 1. The van der Waals surface area contributed by atoms with Crippen LogP contribution in [0.25, 0.3) is 0 Å². The first-order valence-electron chi connectivity index (χ1n) is 8.92. The topological polar surface area (TPSA) is 82.2 Å². The van der Waals surface area contributed by atoms with Crippen molar-refractivity contribution >= 4 is 11.6 Å². The number of nitrogens with zero attached hydrogens (tertiary/aromatic N) is 3. The van der Waals surface area contributed by atoms with Crippen LogP contribution in [0, 0.1) is 0 Å². The Bertz CT molecular complexity index is 1010. The van der Waals surface area contributed by atoms with Crippen LogP contribution in [0.1, 0.15) is 23.9 Å². The Morgan fingerprint density at radius 3 is 2.67 bits per heavy atom. The molecule has 1 fully saturated rings. The Kier molecular flexibility index (Phi) is 5.39. The third-order valence-electron chi connectivity index (χ3n) is 4.44. The molecule has 1 saturated heterocycles. The number of benzene rings is 1. The fourth-order valence-corrected chi connectivity index (χ4v) is 3.42. The lowest BCUT2D eigenvalue weighted by atomic mass is 10.0. The van der Waals surface area contributed by atoms with Crippen LogP contribution in [0.15, 0.2) is 42.9 Å². The van der Waals surface area contributed by atoms with Crippen molar-refractivity contribution in [2.24, 2.45) is 0 Å². The third-order valence-corrected chi connectivity index (χ3v) is 4.76. The van der Waals surface area contributed by atoms with Crippen molar-refractivity contribution in [3.8, 4) is 11.6 Å². The second kappa shape index (κ2) is 7.86. The molecule has 0 spiro atoms. The average Bonchev–Trinajstić information content (AvgIpc) is 3.32. The summed E-state index contributed by atoms with van der Waals surface area (Å²) in [6.45, 7) is 2.25. The maximum atomic E-state index is 12.7. The molecule has 0 amide bonds.